The van der Waals surface area contributed by atoms with Crippen molar-refractivity contribution >= 4 is 15.9 Å². The summed E-state index contributed by atoms with van der Waals surface area (Å²) >= 11 is 3.76. The van der Waals surface area contributed by atoms with Crippen LogP contribution in [0.2, 0.25) is 0 Å². The van der Waals surface area contributed by atoms with E-state index in [1.807, 2.05) is 0 Å². The van der Waals surface area contributed by atoms with E-state index in [1.54, 1.807) is 0 Å². The Morgan fingerprint density at radius 1 is 1.25 bits per heavy atom. The molecular weight excluding hydrogens is 264 g/mol. The highest BCUT2D eigenvalue weighted by Gasteiger charge is 2.22. The molecule has 0 N–H and O–H groups in total. The smallest absolute Gasteiger partial charge is 0.122 e. The molecule has 2 heteroatoms. The van der Waals surface area contributed by atoms with E-state index in [2.05, 4.69) is 34.1 Å². The highest BCUT2D eigenvalue weighted by Crippen LogP contribution is 2.38. The molecule has 2 unspecified atom stereocenters. The van der Waals surface area contributed by atoms with Crippen LogP contribution < -0.4 is 4.74 Å². The van der Waals surface area contributed by atoms with Crippen molar-refractivity contribution in [3.8, 4) is 5.75 Å². The zero-order chi connectivity index (χ0) is 11.0. The van der Waals surface area contributed by atoms with E-state index >= 15 is 0 Å². The van der Waals surface area contributed by atoms with Gasteiger partial charge in [0, 0.05) is 11.2 Å². The summed E-state index contributed by atoms with van der Waals surface area (Å²) in [5, 5.41) is 0. The zero-order valence-electron chi connectivity index (χ0n) is 9.42. The third kappa shape index (κ3) is 2.00. The number of ether oxygens (including phenoxy) is 1. The van der Waals surface area contributed by atoms with Crippen molar-refractivity contribution in [3.05, 3.63) is 29.3 Å². The van der Waals surface area contributed by atoms with Crippen LogP contribution in [-0.2, 0) is 6.42 Å². The molecule has 16 heavy (non-hydrogen) atoms. The molecule has 1 nitrogen and oxygen atoms in total. The highest BCUT2D eigenvalue weighted by molar-refractivity contribution is 9.09. The summed E-state index contributed by atoms with van der Waals surface area (Å²) in [5.41, 5.74) is 2.93. The zero-order valence-corrected chi connectivity index (χ0v) is 11.0. The molecule has 1 aromatic rings. The Morgan fingerprint density at radius 3 is 3.06 bits per heavy atom. The molecule has 1 aliphatic carbocycles. The first-order valence-electron chi connectivity index (χ1n) is 6.22. The van der Waals surface area contributed by atoms with Gasteiger partial charge in [-0.2, -0.15) is 0 Å². The molecule has 1 aromatic carbocycles. The van der Waals surface area contributed by atoms with Gasteiger partial charge in [-0.15, -0.1) is 0 Å². The van der Waals surface area contributed by atoms with Crippen LogP contribution >= 0.6 is 15.9 Å². The highest BCUT2D eigenvalue weighted by atomic mass is 79.9. The lowest BCUT2D eigenvalue weighted by atomic mass is 9.83. The summed E-state index contributed by atoms with van der Waals surface area (Å²) in [6.07, 6.45) is 6.42. The Kier molecular flexibility index (Phi) is 2.93. The molecule has 2 atom stereocenters. The van der Waals surface area contributed by atoms with Gasteiger partial charge < -0.3 is 4.74 Å². The predicted molar refractivity (Wildman–Crippen MR) is 69.6 cm³/mol. The Balaban J connectivity index is 1.83. The van der Waals surface area contributed by atoms with E-state index in [9.17, 15) is 0 Å². The standard InChI is InChI=1S/C14H17BrO/c15-13-3-1-2-10(9-13)11-4-5-14-12(8-11)6-7-16-14/h4-5,8,10,13H,1-3,6-7,9H2. The number of benzene rings is 1. The number of hydrogen-bond donors (Lipinski definition) is 0. The van der Waals surface area contributed by atoms with Gasteiger partial charge in [0.2, 0.25) is 0 Å². The fourth-order valence-corrected chi connectivity index (χ4v) is 3.67. The SMILES string of the molecule is BrC1CCCC(c2ccc3c(c2)CCO3)C1. The monoisotopic (exact) mass is 280 g/mol. The van der Waals surface area contributed by atoms with Gasteiger partial charge in [-0.1, -0.05) is 34.5 Å². The average Bonchev–Trinajstić information content (AvgIpc) is 2.75. The van der Waals surface area contributed by atoms with Crippen LogP contribution in [0.25, 0.3) is 0 Å². The molecule has 1 aliphatic heterocycles. The van der Waals surface area contributed by atoms with Crippen molar-refractivity contribution in [1.29, 1.82) is 0 Å². The Bertz CT molecular complexity index is 388. The van der Waals surface area contributed by atoms with Gasteiger partial charge in [-0.3, -0.25) is 0 Å². The molecule has 86 valence electrons. The molecule has 0 bridgehead atoms. The summed E-state index contributed by atoms with van der Waals surface area (Å²) in [7, 11) is 0. The molecule has 3 rings (SSSR count). The topological polar surface area (TPSA) is 9.23 Å². The van der Waals surface area contributed by atoms with Crippen LogP contribution in [0.5, 0.6) is 5.75 Å². The van der Waals surface area contributed by atoms with Gasteiger partial charge in [0.25, 0.3) is 0 Å². The largest absolute Gasteiger partial charge is 0.493 e. The van der Waals surface area contributed by atoms with Crippen LogP contribution in [0.15, 0.2) is 18.2 Å². The molecule has 0 amide bonds. The minimum Gasteiger partial charge on any atom is -0.493 e. The maximum absolute atomic E-state index is 5.55. The van der Waals surface area contributed by atoms with E-state index in [0.717, 1.165) is 29.5 Å². The minimum atomic E-state index is 0.718. The first-order chi connectivity index (χ1) is 7.83. The van der Waals surface area contributed by atoms with E-state index in [-0.39, 0.29) is 0 Å². The first kappa shape index (κ1) is 10.6. The van der Waals surface area contributed by atoms with Crippen LogP contribution in [0.4, 0.5) is 0 Å². The normalized spacial score (nSPS) is 28.6. The summed E-state index contributed by atoms with van der Waals surface area (Å²) in [6, 6.07) is 6.80. The Hall–Kier alpha value is -0.500. The third-order valence-corrected chi connectivity index (χ3v) is 4.63. The predicted octanol–water partition coefficient (Wildman–Crippen LogP) is 4.04. The molecule has 1 fully saturated rings. The molecule has 0 radical (unpaired) electrons. The fraction of sp³-hybridized carbons (Fsp3) is 0.571. The van der Waals surface area contributed by atoms with Crippen molar-refractivity contribution in [2.24, 2.45) is 0 Å². The van der Waals surface area contributed by atoms with Gasteiger partial charge in [-0.05, 0) is 42.4 Å². The lowest BCUT2D eigenvalue weighted by molar-refractivity contribution is 0.356. The number of hydrogen-bond acceptors (Lipinski definition) is 1. The van der Waals surface area contributed by atoms with Gasteiger partial charge in [-0.25, -0.2) is 0 Å². The number of alkyl halides is 1. The second kappa shape index (κ2) is 4.40. The van der Waals surface area contributed by atoms with Gasteiger partial charge in [0.1, 0.15) is 5.75 Å². The summed E-state index contributed by atoms with van der Waals surface area (Å²) in [5.74, 6) is 1.86. The van der Waals surface area contributed by atoms with Gasteiger partial charge in [0.05, 0.1) is 6.61 Å². The summed E-state index contributed by atoms with van der Waals surface area (Å²) in [6.45, 7) is 0.866. The summed E-state index contributed by atoms with van der Waals surface area (Å²) < 4.78 is 5.55. The van der Waals surface area contributed by atoms with Gasteiger partial charge >= 0.3 is 0 Å². The third-order valence-electron chi connectivity index (χ3n) is 3.80. The van der Waals surface area contributed by atoms with E-state index in [1.165, 1.54) is 36.8 Å². The van der Waals surface area contributed by atoms with Crippen molar-refractivity contribution in [1.82, 2.24) is 0 Å². The Morgan fingerprint density at radius 2 is 2.19 bits per heavy atom. The molecule has 1 saturated carbocycles. The maximum Gasteiger partial charge on any atom is 0.122 e. The maximum atomic E-state index is 5.55. The van der Waals surface area contributed by atoms with E-state index < -0.39 is 0 Å². The first-order valence-corrected chi connectivity index (χ1v) is 7.14. The Labute approximate surface area is 105 Å². The molecular formula is C14H17BrO. The second-order valence-corrected chi connectivity index (χ2v) is 6.22. The molecule has 0 saturated heterocycles. The van der Waals surface area contributed by atoms with E-state index in [0.29, 0.717) is 0 Å². The van der Waals surface area contributed by atoms with Crippen LogP contribution in [0.3, 0.4) is 0 Å². The molecule has 0 spiro atoms. The quantitative estimate of drug-likeness (QED) is 0.706. The lowest BCUT2D eigenvalue weighted by Gasteiger charge is -2.26. The fourth-order valence-electron chi connectivity index (χ4n) is 2.89. The van der Waals surface area contributed by atoms with Crippen molar-refractivity contribution < 1.29 is 4.74 Å². The van der Waals surface area contributed by atoms with Crippen molar-refractivity contribution in [2.45, 2.75) is 42.8 Å². The number of fused-ring (bicyclic) bond motifs is 1. The second-order valence-electron chi connectivity index (χ2n) is 4.93. The van der Waals surface area contributed by atoms with Gasteiger partial charge in [0.15, 0.2) is 0 Å². The number of halogens is 1. The average molecular weight is 281 g/mol. The summed E-state index contributed by atoms with van der Waals surface area (Å²) in [4.78, 5) is 0.718. The number of rotatable bonds is 1. The van der Waals surface area contributed by atoms with Crippen LogP contribution in [0.1, 0.15) is 42.7 Å². The van der Waals surface area contributed by atoms with Crippen molar-refractivity contribution in [3.63, 3.8) is 0 Å². The van der Waals surface area contributed by atoms with Crippen LogP contribution in [0, 0.1) is 0 Å². The van der Waals surface area contributed by atoms with E-state index in [4.69, 9.17) is 4.74 Å². The minimum absolute atomic E-state index is 0.718. The molecule has 0 aromatic heterocycles. The lowest BCUT2D eigenvalue weighted by Crippen LogP contribution is -2.13. The van der Waals surface area contributed by atoms with Crippen LogP contribution in [-0.4, -0.2) is 11.4 Å². The molecule has 2 aliphatic rings. The molecule has 1 heterocycles. The van der Waals surface area contributed by atoms with Crippen molar-refractivity contribution in [2.75, 3.05) is 6.61 Å².